The van der Waals surface area contributed by atoms with Gasteiger partial charge in [0.25, 0.3) is 0 Å². The number of aromatic nitrogens is 2. The number of rotatable bonds is 7. The second-order valence-electron chi connectivity index (χ2n) is 6.18. The molecule has 5 heteroatoms. The number of benzene rings is 2. The van der Waals surface area contributed by atoms with Gasteiger partial charge in [0.15, 0.2) is 22.5 Å². The van der Waals surface area contributed by atoms with E-state index in [9.17, 15) is 8.78 Å². The Hall–Kier alpha value is -1.50. The maximum atomic E-state index is 14.2. The van der Waals surface area contributed by atoms with Gasteiger partial charge in [-0.25, -0.2) is 13.3 Å². The second kappa shape index (κ2) is 9.27. The van der Waals surface area contributed by atoms with Crippen molar-refractivity contribution in [2.24, 2.45) is 0 Å². The van der Waals surface area contributed by atoms with E-state index in [0.717, 1.165) is 30.1 Å². The van der Waals surface area contributed by atoms with Gasteiger partial charge in [0.1, 0.15) is 5.82 Å². The molecular formula is C20H23F2IN2. The first-order valence-electron chi connectivity index (χ1n) is 8.65. The number of para-hydroxylation sites is 2. The lowest BCUT2D eigenvalue weighted by molar-refractivity contribution is -0.672. The van der Waals surface area contributed by atoms with E-state index in [1.807, 2.05) is 30.6 Å². The molecule has 0 aliphatic heterocycles. The molecule has 0 amide bonds. The molecule has 25 heavy (non-hydrogen) atoms. The van der Waals surface area contributed by atoms with E-state index >= 15 is 0 Å². The smallest absolute Gasteiger partial charge is 0.250 e. The van der Waals surface area contributed by atoms with Crippen LogP contribution in [0.1, 0.15) is 39.0 Å². The number of imidazole rings is 1. The monoisotopic (exact) mass is 456 g/mol. The summed E-state index contributed by atoms with van der Waals surface area (Å²) in [6.07, 6.45) is 7.97. The van der Waals surface area contributed by atoms with Crippen molar-refractivity contribution in [2.45, 2.75) is 45.6 Å². The zero-order valence-electron chi connectivity index (χ0n) is 14.4. The molecule has 0 N–H and O–H groups in total. The summed E-state index contributed by atoms with van der Waals surface area (Å²) in [6, 6.07) is 11.6. The van der Waals surface area contributed by atoms with Crippen LogP contribution in [0.15, 0.2) is 48.8 Å². The lowest BCUT2D eigenvalue weighted by atomic mass is 10.1. The largest absolute Gasteiger partial charge is 1.00 e. The number of hydrogen-bond acceptors (Lipinski definition) is 0. The summed E-state index contributed by atoms with van der Waals surface area (Å²) < 4.78 is 31.3. The van der Waals surface area contributed by atoms with Gasteiger partial charge in [-0.1, -0.05) is 38.3 Å². The maximum Gasteiger partial charge on any atom is 0.250 e. The average Bonchev–Trinajstić information content (AvgIpc) is 2.94. The maximum absolute atomic E-state index is 14.2. The van der Waals surface area contributed by atoms with Crippen LogP contribution in [-0.4, -0.2) is 4.57 Å². The molecule has 0 aliphatic rings. The van der Waals surface area contributed by atoms with Crippen molar-refractivity contribution in [1.82, 2.24) is 4.57 Å². The van der Waals surface area contributed by atoms with E-state index in [4.69, 9.17) is 0 Å². The molecule has 3 aromatic rings. The molecule has 0 aliphatic carbocycles. The fraction of sp³-hybridized carbons (Fsp3) is 0.350. The summed E-state index contributed by atoms with van der Waals surface area (Å²) in [6.45, 7) is 3.11. The van der Waals surface area contributed by atoms with Gasteiger partial charge in [-0.2, -0.15) is 4.57 Å². The number of halogens is 3. The summed E-state index contributed by atoms with van der Waals surface area (Å²) in [5, 5.41) is 0. The van der Waals surface area contributed by atoms with E-state index in [1.165, 1.54) is 37.8 Å². The third-order valence-corrected chi connectivity index (χ3v) is 4.38. The predicted molar refractivity (Wildman–Crippen MR) is 92.1 cm³/mol. The van der Waals surface area contributed by atoms with Gasteiger partial charge in [0.2, 0.25) is 6.33 Å². The van der Waals surface area contributed by atoms with E-state index in [0.29, 0.717) is 5.69 Å². The van der Waals surface area contributed by atoms with Crippen LogP contribution in [0.4, 0.5) is 8.78 Å². The Bertz CT molecular complexity index is 830. The summed E-state index contributed by atoms with van der Waals surface area (Å²) in [7, 11) is 0. The number of unbranched alkanes of at least 4 members (excludes halogenated alkanes) is 4. The van der Waals surface area contributed by atoms with Crippen molar-refractivity contribution >= 4 is 11.0 Å². The van der Waals surface area contributed by atoms with Crippen LogP contribution in [0.25, 0.3) is 16.7 Å². The molecule has 3 rings (SSSR count). The zero-order valence-corrected chi connectivity index (χ0v) is 16.5. The van der Waals surface area contributed by atoms with Crippen molar-refractivity contribution in [3.8, 4) is 5.69 Å². The molecule has 0 saturated heterocycles. The van der Waals surface area contributed by atoms with Gasteiger partial charge in [-0.15, -0.1) is 0 Å². The lowest BCUT2D eigenvalue weighted by Gasteiger charge is -1.99. The minimum Gasteiger partial charge on any atom is -1.00 e. The third kappa shape index (κ3) is 4.57. The second-order valence-corrected chi connectivity index (χ2v) is 6.18. The minimum absolute atomic E-state index is 0. The standard InChI is InChI=1S/C20H23F2N2.HI/c1-2-3-4-5-8-13-23-15-24(20-10-7-6-9-19(20)23)18-12-11-16(21)14-17(18)22;/h6-7,9-12,14-15H,2-5,8,13H2,1H3;1H/q+1;/p-1. The molecule has 0 radical (unpaired) electrons. The highest BCUT2D eigenvalue weighted by Crippen LogP contribution is 2.20. The van der Waals surface area contributed by atoms with Crippen LogP contribution >= 0.6 is 0 Å². The molecule has 2 aromatic carbocycles. The quantitative estimate of drug-likeness (QED) is 0.293. The van der Waals surface area contributed by atoms with Gasteiger partial charge in [0, 0.05) is 6.07 Å². The fourth-order valence-electron chi connectivity index (χ4n) is 3.11. The molecule has 134 valence electrons. The molecular weight excluding hydrogens is 433 g/mol. The van der Waals surface area contributed by atoms with Gasteiger partial charge >= 0.3 is 0 Å². The topological polar surface area (TPSA) is 8.81 Å². The highest BCUT2D eigenvalue weighted by Gasteiger charge is 2.19. The van der Waals surface area contributed by atoms with Crippen LogP contribution in [0.3, 0.4) is 0 Å². The third-order valence-electron chi connectivity index (χ3n) is 4.38. The summed E-state index contributed by atoms with van der Waals surface area (Å²) >= 11 is 0. The number of fused-ring (bicyclic) bond motifs is 1. The number of nitrogens with zero attached hydrogens (tertiary/aromatic N) is 2. The van der Waals surface area contributed by atoms with Crippen molar-refractivity contribution in [1.29, 1.82) is 0 Å². The van der Waals surface area contributed by atoms with Crippen LogP contribution in [0.2, 0.25) is 0 Å². The highest BCUT2D eigenvalue weighted by molar-refractivity contribution is 5.74. The summed E-state index contributed by atoms with van der Waals surface area (Å²) in [4.78, 5) is 0. The first-order valence-corrected chi connectivity index (χ1v) is 8.65. The molecule has 1 aromatic heterocycles. The Morgan fingerprint density at radius 1 is 0.960 bits per heavy atom. The van der Waals surface area contributed by atoms with Crippen molar-refractivity contribution < 1.29 is 37.3 Å². The number of aryl methyl sites for hydroxylation is 1. The molecule has 0 spiro atoms. The molecule has 0 atom stereocenters. The normalized spacial score (nSPS) is 10.8. The van der Waals surface area contributed by atoms with Crippen molar-refractivity contribution in [3.63, 3.8) is 0 Å². The predicted octanol–water partition coefficient (Wildman–Crippen LogP) is 2.17. The Morgan fingerprint density at radius 2 is 1.72 bits per heavy atom. The Balaban J connectivity index is 0.00000225. The molecule has 0 unspecified atom stereocenters. The van der Waals surface area contributed by atoms with E-state index < -0.39 is 11.6 Å². The number of hydrogen-bond donors (Lipinski definition) is 0. The van der Waals surface area contributed by atoms with Crippen molar-refractivity contribution in [3.05, 3.63) is 60.4 Å². The molecule has 0 saturated carbocycles. The van der Waals surface area contributed by atoms with Crippen molar-refractivity contribution in [2.75, 3.05) is 0 Å². The first-order chi connectivity index (χ1) is 11.7. The average molecular weight is 456 g/mol. The van der Waals surface area contributed by atoms with Gasteiger partial charge in [0.05, 0.1) is 6.54 Å². The molecule has 0 bridgehead atoms. The van der Waals surface area contributed by atoms with Gasteiger partial charge < -0.3 is 24.0 Å². The Labute approximate surface area is 164 Å². The SMILES string of the molecule is CCCCCCC[n+]1cn(-c2ccc(F)cc2F)c2ccccc21.[I-]. The minimum atomic E-state index is -0.559. The Morgan fingerprint density at radius 3 is 2.48 bits per heavy atom. The van der Waals surface area contributed by atoms with Crippen LogP contribution in [0.5, 0.6) is 0 Å². The highest BCUT2D eigenvalue weighted by atomic mass is 127. The first kappa shape index (κ1) is 19.8. The summed E-state index contributed by atoms with van der Waals surface area (Å²) in [5.41, 5.74) is 2.37. The molecule has 1 heterocycles. The van der Waals surface area contributed by atoms with E-state index in [1.54, 1.807) is 4.57 Å². The zero-order chi connectivity index (χ0) is 16.9. The molecule has 0 fully saturated rings. The summed E-state index contributed by atoms with van der Waals surface area (Å²) in [5.74, 6) is -1.11. The Kier molecular flexibility index (Phi) is 7.35. The van der Waals surface area contributed by atoms with Gasteiger partial charge in [-0.3, -0.25) is 0 Å². The molecule has 2 nitrogen and oxygen atoms in total. The van der Waals surface area contributed by atoms with Crippen LogP contribution < -0.4 is 28.5 Å². The van der Waals surface area contributed by atoms with E-state index in [-0.39, 0.29) is 24.0 Å². The van der Waals surface area contributed by atoms with E-state index in [2.05, 4.69) is 11.5 Å². The fourth-order valence-corrected chi connectivity index (χ4v) is 3.11. The van der Waals surface area contributed by atoms with Crippen LogP contribution in [0, 0.1) is 11.6 Å². The van der Waals surface area contributed by atoms with Crippen LogP contribution in [-0.2, 0) is 6.54 Å². The van der Waals surface area contributed by atoms with Gasteiger partial charge in [-0.05, 0) is 37.1 Å². The lowest BCUT2D eigenvalue weighted by Crippen LogP contribution is -3.00.